The van der Waals surface area contributed by atoms with Crippen molar-refractivity contribution in [3.8, 4) is 28.5 Å². The van der Waals surface area contributed by atoms with E-state index in [1.165, 1.54) is 0 Å². The number of H-pyrrole nitrogens is 1. The van der Waals surface area contributed by atoms with E-state index < -0.39 is 17.7 Å². The predicted octanol–water partition coefficient (Wildman–Crippen LogP) is 7.48. The summed E-state index contributed by atoms with van der Waals surface area (Å²) < 4.78 is 39.8. The molecule has 4 heterocycles. The van der Waals surface area contributed by atoms with Crippen molar-refractivity contribution in [2.75, 3.05) is 6.54 Å². The molecule has 0 saturated carbocycles. The van der Waals surface area contributed by atoms with Crippen molar-refractivity contribution in [2.45, 2.75) is 66.5 Å². The molecular weight excluding hydrogens is 550 g/mol. The van der Waals surface area contributed by atoms with Gasteiger partial charge in [-0.15, -0.1) is 0 Å². The second kappa shape index (κ2) is 10.1. The third-order valence-electron chi connectivity index (χ3n) is 8.13. The van der Waals surface area contributed by atoms with Crippen LogP contribution < -0.4 is 0 Å². The summed E-state index contributed by atoms with van der Waals surface area (Å²) in [6, 6.07) is 8.50. The Balaban J connectivity index is 1.54. The summed E-state index contributed by atoms with van der Waals surface area (Å²) in [5, 5.41) is 5.50. The normalized spacial score (nSPS) is 15.3. The molecule has 43 heavy (non-hydrogen) atoms. The molecule has 1 N–H and O–H groups in total. The van der Waals surface area contributed by atoms with Crippen LogP contribution in [0, 0.1) is 32.4 Å². The first-order chi connectivity index (χ1) is 20.2. The highest BCUT2D eigenvalue weighted by atomic mass is 19.1. The SMILES string of the molecule is Cc1cc(-n2nc3c(c2-c2nc(-c4ccc5c(ccn5C)c4F)c(C)[nH]2)[C@H](C)N(C(=O)OC(C)(C)C)CC3)cc(C)c1F. The molecule has 1 aliphatic rings. The number of aryl methyl sites for hydroxylation is 4. The summed E-state index contributed by atoms with van der Waals surface area (Å²) in [5.74, 6) is -0.134. The molecule has 0 spiro atoms. The number of aromatic amines is 1. The Bertz CT molecular complexity index is 1890. The minimum absolute atomic E-state index is 0.269. The number of carbonyl (C=O) groups is 1. The van der Waals surface area contributed by atoms with E-state index in [0.717, 1.165) is 16.8 Å². The largest absolute Gasteiger partial charge is 0.444 e. The minimum atomic E-state index is -0.649. The van der Waals surface area contributed by atoms with Gasteiger partial charge in [0.1, 0.15) is 22.9 Å². The second-order valence-electron chi connectivity index (χ2n) is 12.5. The molecule has 5 aromatic rings. The fourth-order valence-corrected chi connectivity index (χ4v) is 6.04. The first-order valence-corrected chi connectivity index (χ1v) is 14.4. The zero-order valence-corrected chi connectivity index (χ0v) is 25.8. The summed E-state index contributed by atoms with van der Waals surface area (Å²) in [4.78, 5) is 23.3. The molecule has 10 heteroatoms. The molecule has 0 aliphatic carbocycles. The second-order valence-corrected chi connectivity index (χ2v) is 12.5. The van der Waals surface area contributed by atoms with Crippen LogP contribution in [0.3, 0.4) is 0 Å². The molecule has 6 rings (SSSR count). The number of benzene rings is 2. The van der Waals surface area contributed by atoms with Crippen LogP contribution in [0.1, 0.15) is 61.8 Å². The van der Waals surface area contributed by atoms with E-state index in [1.54, 1.807) is 47.7 Å². The molecule has 0 saturated heterocycles. The average Bonchev–Trinajstić information content (AvgIpc) is 3.62. The lowest BCUT2D eigenvalue weighted by Crippen LogP contribution is -2.42. The molecule has 0 radical (unpaired) electrons. The molecule has 3 aromatic heterocycles. The topological polar surface area (TPSA) is 81.0 Å². The third kappa shape index (κ3) is 4.78. The van der Waals surface area contributed by atoms with Gasteiger partial charge in [-0.05, 0) is 89.9 Å². The molecule has 224 valence electrons. The third-order valence-corrected chi connectivity index (χ3v) is 8.13. The lowest BCUT2D eigenvalue weighted by atomic mass is 9.97. The number of hydrogen-bond acceptors (Lipinski definition) is 4. The van der Waals surface area contributed by atoms with Crippen molar-refractivity contribution in [2.24, 2.45) is 7.05 Å². The quantitative estimate of drug-likeness (QED) is 0.238. The highest BCUT2D eigenvalue weighted by molar-refractivity contribution is 5.87. The van der Waals surface area contributed by atoms with E-state index in [0.29, 0.717) is 63.6 Å². The Morgan fingerprint density at radius 3 is 2.44 bits per heavy atom. The minimum Gasteiger partial charge on any atom is -0.444 e. The van der Waals surface area contributed by atoms with E-state index in [-0.39, 0.29) is 11.6 Å². The zero-order valence-electron chi connectivity index (χ0n) is 25.8. The number of amides is 1. The first-order valence-electron chi connectivity index (χ1n) is 14.4. The highest BCUT2D eigenvalue weighted by Crippen LogP contribution is 2.40. The van der Waals surface area contributed by atoms with E-state index in [4.69, 9.17) is 14.8 Å². The number of aromatic nitrogens is 5. The van der Waals surface area contributed by atoms with Crippen LogP contribution in [0.5, 0.6) is 0 Å². The van der Waals surface area contributed by atoms with Gasteiger partial charge in [-0.25, -0.2) is 23.2 Å². The number of carbonyl (C=O) groups excluding carboxylic acids is 1. The molecule has 2 aromatic carbocycles. The molecule has 0 fully saturated rings. The van der Waals surface area contributed by atoms with Crippen LogP contribution in [-0.2, 0) is 18.2 Å². The van der Waals surface area contributed by atoms with Gasteiger partial charge in [0.2, 0.25) is 0 Å². The summed E-state index contributed by atoms with van der Waals surface area (Å²) in [5.41, 5.74) is 5.62. The molecule has 1 amide bonds. The zero-order chi connectivity index (χ0) is 31.0. The van der Waals surface area contributed by atoms with Crippen LogP contribution in [0.2, 0.25) is 0 Å². The molecule has 0 bridgehead atoms. The van der Waals surface area contributed by atoms with E-state index in [9.17, 15) is 9.18 Å². The lowest BCUT2D eigenvalue weighted by molar-refractivity contribution is 0.0160. The summed E-state index contributed by atoms with van der Waals surface area (Å²) in [7, 11) is 1.88. The number of rotatable bonds is 3. The van der Waals surface area contributed by atoms with Gasteiger partial charge in [-0.1, -0.05) is 0 Å². The van der Waals surface area contributed by atoms with Gasteiger partial charge in [-0.3, -0.25) is 0 Å². The predicted molar refractivity (Wildman–Crippen MR) is 162 cm³/mol. The van der Waals surface area contributed by atoms with Gasteiger partial charge in [0.05, 0.1) is 28.6 Å². The van der Waals surface area contributed by atoms with Crippen LogP contribution in [0.15, 0.2) is 36.5 Å². The van der Waals surface area contributed by atoms with Gasteiger partial charge < -0.3 is 19.2 Å². The van der Waals surface area contributed by atoms with Gasteiger partial charge in [-0.2, -0.15) is 5.10 Å². The number of nitrogens with one attached hydrogen (secondary N) is 1. The van der Waals surface area contributed by atoms with Crippen molar-refractivity contribution in [1.29, 1.82) is 0 Å². The van der Waals surface area contributed by atoms with E-state index in [2.05, 4.69) is 4.98 Å². The summed E-state index contributed by atoms with van der Waals surface area (Å²) >= 11 is 0. The fraction of sp³-hybridized carbons (Fsp3) is 0.364. The Kier molecular flexibility index (Phi) is 6.71. The number of nitrogens with zero attached hydrogens (tertiary/aromatic N) is 5. The van der Waals surface area contributed by atoms with Crippen LogP contribution >= 0.6 is 0 Å². The molecule has 0 unspecified atom stereocenters. The fourth-order valence-electron chi connectivity index (χ4n) is 6.04. The first kappa shape index (κ1) is 28.6. The summed E-state index contributed by atoms with van der Waals surface area (Å²) in [6.07, 6.45) is 1.92. The summed E-state index contributed by atoms with van der Waals surface area (Å²) in [6.45, 7) is 13.2. The molecule has 1 atom stereocenters. The Labute approximate surface area is 249 Å². The number of hydrogen-bond donors (Lipinski definition) is 1. The molecule has 8 nitrogen and oxygen atoms in total. The number of halogens is 2. The molecule has 1 aliphatic heterocycles. The van der Waals surface area contributed by atoms with Crippen LogP contribution in [0.4, 0.5) is 13.6 Å². The van der Waals surface area contributed by atoms with E-state index >= 15 is 4.39 Å². The van der Waals surface area contributed by atoms with Crippen molar-refractivity contribution in [3.05, 3.63) is 76.2 Å². The Morgan fingerprint density at radius 1 is 1.07 bits per heavy atom. The standard InChI is InChI=1S/C33H36F2N6O2/c1-17-15-21(16-18(2)27(17)34)41-30(26-20(4)40(14-12-24(26)38-41)32(42)43-33(5,6)7)31-36-19(3)29(37-31)23-9-10-25-22(28(23)35)11-13-39(25)8/h9-11,13,15-16,20H,12,14H2,1-8H3,(H,36,37)/t20-/m0/s1. The maximum atomic E-state index is 15.8. The number of fused-ring (bicyclic) bond motifs is 2. The van der Waals surface area contributed by atoms with Crippen LogP contribution in [0.25, 0.3) is 39.4 Å². The maximum absolute atomic E-state index is 15.8. The number of ether oxygens (including phenoxy) is 1. The van der Waals surface area contributed by atoms with Crippen molar-refractivity contribution in [3.63, 3.8) is 0 Å². The average molecular weight is 587 g/mol. The van der Waals surface area contributed by atoms with Gasteiger partial charge in [0.25, 0.3) is 0 Å². The van der Waals surface area contributed by atoms with Gasteiger partial charge in [0, 0.05) is 48.4 Å². The Morgan fingerprint density at radius 2 is 1.77 bits per heavy atom. The lowest BCUT2D eigenvalue weighted by Gasteiger charge is -2.34. The van der Waals surface area contributed by atoms with Crippen LogP contribution in [-0.4, -0.2) is 47.5 Å². The van der Waals surface area contributed by atoms with Crippen molar-refractivity contribution in [1.82, 2.24) is 29.2 Å². The van der Waals surface area contributed by atoms with Gasteiger partial charge >= 0.3 is 6.09 Å². The Hall–Kier alpha value is -4.47. The maximum Gasteiger partial charge on any atom is 0.410 e. The van der Waals surface area contributed by atoms with Crippen molar-refractivity contribution >= 4 is 17.0 Å². The monoisotopic (exact) mass is 586 g/mol. The smallest absolute Gasteiger partial charge is 0.410 e. The van der Waals surface area contributed by atoms with Crippen molar-refractivity contribution < 1.29 is 18.3 Å². The highest BCUT2D eigenvalue weighted by Gasteiger charge is 2.37. The van der Waals surface area contributed by atoms with Gasteiger partial charge in [0.15, 0.2) is 5.82 Å². The molecular formula is C33H36F2N6O2. The van der Waals surface area contributed by atoms with E-state index in [1.807, 2.05) is 58.5 Å². The number of imidazole rings is 1.